The fourth-order valence-corrected chi connectivity index (χ4v) is 6.68. The van der Waals surface area contributed by atoms with Gasteiger partial charge in [-0.05, 0) is 95.1 Å². The van der Waals surface area contributed by atoms with Crippen LogP contribution >= 0.6 is 31.9 Å². The molecule has 0 heterocycles. The molecular formula is C30H28Br2. The van der Waals surface area contributed by atoms with Crippen LogP contribution in [0.2, 0.25) is 0 Å². The third-order valence-electron chi connectivity index (χ3n) is 7.53. The molecule has 1 atom stereocenters. The predicted octanol–water partition coefficient (Wildman–Crippen LogP) is 9.46. The van der Waals surface area contributed by atoms with Crippen molar-refractivity contribution in [3.8, 4) is 11.1 Å². The van der Waals surface area contributed by atoms with Crippen LogP contribution in [0.5, 0.6) is 0 Å². The van der Waals surface area contributed by atoms with Crippen LogP contribution in [-0.4, -0.2) is 0 Å². The molecule has 0 fully saturated rings. The molecule has 0 aromatic heterocycles. The SMILES string of the molecule is Cc1cc(Br)ccc1-c1ccc2c(c1)C(C)(C)C1=C2C=C[C@](C)(c2ccc(Br)cc2C)C1. The van der Waals surface area contributed by atoms with E-state index in [1.807, 2.05) is 0 Å². The number of rotatable bonds is 2. The van der Waals surface area contributed by atoms with Crippen LogP contribution in [0.3, 0.4) is 0 Å². The molecule has 2 heteroatoms. The van der Waals surface area contributed by atoms with Crippen LogP contribution in [0.25, 0.3) is 16.7 Å². The molecule has 0 amide bonds. The topological polar surface area (TPSA) is 0 Å². The molecule has 0 saturated carbocycles. The second-order valence-electron chi connectivity index (χ2n) is 10.1. The number of fused-ring (bicyclic) bond motifs is 2. The van der Waals surface area contributed by atoms with Gasteiger partial charge in [0, 0.05) is 19.8 Å². The average molecular weight is 548 g/mol. The maximum atomic E-state index is 3.63. The summed E-state index contributed by atoms with van der Waals surface area (Å²) in [6.07, 6.45) is 5.87. The van der Waals surface area contributed by atoms with Crippen molar-refractivity contribution < 1.29 is 0 Å². The predicted molar refractivity (Wildman–Crippen MR) is 144 cm³/mol. The number of allylic oxidation sites excluding steroid dienone is 4. The van der Waals surface area contributed by atoms with Gasteiger partial charge in [0.2, 0.25) is 0 Å². The van der Waals surface area contributed by atoms with E-state index in [2.05, 4.69) is 133 Å². The van der Waals surface area contributed by atoms with Crippen molar-refractivity contribution in [2.45, 2.75) is 51.9 Å². The zero-order chi connectivity index (χ0) is 22.8. The molecule has 5 rings (SSSR count). The zero-order valence-electron chi connectivity index (χ0n) is 19.3. The summed E-state index contributed by atoms with van der Waals surface area (Å²) in [4.78, 5) is 0. The molecule has 0 saturated heterocycles. The minimum absolute atomic E-state index is 0.00799. The summed E-state index contributed by atoms with van der Waals surface area (Å²) in [7, 11) is 0. The first-order valence-corrected chi connectivity index (χ1v) is 12.8. The first kappa shape index (κ1) is 21.9. The van der Waals surface area contributed by atoms with E-state index in [0.717, 1.165) is 15.4 Å². The summed E-state index contributed by atoms with van der Waals surface area (Å²) >= 11 is 7.23. The van der Waals surface area contributed by atoms with Crippen LogP contribution in [0.1, 0.15) is 55.0 Å². The largest absolute Gasteiger partial charge is 0.0733 e. The fourth-order valence-electron chi connectivity index (χ4n) is 5.73. The highest BCUT2D eigenvalue weighted by atomic mass is 79.9. The Morgan fingerprint density at radius 1 is 0.719 bits per heavy atom. The maximum absolute atomic E-state index is 3.63. The average Bonchev–Trinajstić information content (AvgIpc) is 2.94. The Labute approximate surface area is 208 Å². The molecule has 0 aliphatic heterocycles. The van der Waals surface area contributed by atoms with Crippen molar-refractivity contribution in [2.24, 2.45) is 0 Å². The third kappa shape index (κ3) is 3.38. The molecule has 2 aliphatic rings. The normalized spacial score (nSPS) is 21.0. The Balaban J connectivity index is 1.57. The van der Waals surface area contributed by atoms with Gasteiger partial charge in [0.15, 0.2) is 0 Å². The molecule has 0 bridgehead atoms. The Morgan fingerprint density at radius 3 is 2.06 bits per heavy atom. The molecule has 0 spiro atoms. The van der Waals surface area contributed by atoms with E-state index in [0.29, 0.717) is 0 Å². The van der Waals surface area contributed by atoms with E-state index in [9.17, 15) is 0 Å². The second-order valence-corrected chi connectivity index (χ2v) is 12.0. The lowest BCUT2D eigenvalue weighted by molar-refractivity contribution is 0.511. The van der Waals surface area contributed by atoms with Gasteiger partial charge in [-0.25, -0.2) is 0 Å². The van der Waals surface area contributed by atoms with Crippen molar-refractivity contribution >= 4 is 37.4 Å². The van der Waals surface area contributed by atoms with Crippen molar-refractivity contribution in [3.05, 3.63) is 109 Å². The number of aryl methyl sites for hydroxylation is 2. The van der Waals surface area contributed by atoms with E-state index >= 15 is 0 Å². The summed E-state index contributed by atoms with van der Waals surface area (Å²) in [6, 6.07) is 20.3. The summed E-state index contributed by atoms with van der Waals surface area (Å²) in [6.45, 7) is 11.6. The van der Waals surface area contributed by atoms with Gasteiger partial charge in [0.05, 0.1) is 0 Å². The van der Waals surface area contributed by atoms with E-state index < -0.39 is 0 Å². The summed E-state index contributed by atoms with van der Waals surface area (Å²) in [5, 5.41) is 0. The quantitative estimate of drug-likeness (QED) is 0.299. The smallest absolute Gasteiger partial charge is 0.0178 e. The first-order valence-electron chi connectivity index (χ1n) is 11.2. The highest BCUT2D eigenvalue weighted by molar-refractivity contribution is 9.10. The highest BCUT2D eigenvalue weighted by Gasteiger charge is 2.42. The number of hydrogen-bond donors (Lipinski definition) is 0. The monoisotopic (exact) mass is 546 g/mol. The Bertz CT molecular complexity index is 1320. The minimum Gasteiger partial charge on any atom is -0.0733 e. The van der Waals surface area contributed by atoms with Gasteiger partial charge in [-0.3, -0.25) is 0 Å². The van der Waals surface area contributed by atoms with Gasteiger partial charge >= 0.3 is 0 Å². The van der Waals surface area contributed by atoms with Crippen LogP contribution in [0.15, 0.2) is 81.3 Å². The molecular weight excluding hydrogens is 520 g/mol. The van der Waals surface area contributed by atoms with E-state index in [1.165, 1.54) is 44.5 Å². The van der Waals surface area contributed by atoms with Crippen LogP contribution < -0.4 is 0 Å². The molecule has 3 aromatic carbocycles. The van der Waals surface area contributed by atoms with Gasteiger partial charge in [-0.1, -0.05) is 94.6 Å². The summed E-state index contributed by atoms with van der Waals surface area (Å²) in [5.74, 6) is 0. The van der Waals surface area contributed by atoms with E-state index in [-0.39, 0.29) is 10.8 Å². The Kier molecular flexibility index (Phi) is 5.18. The van der Waals surface area contributed by atoms with Gasteiger partial charge in [-0.2, -0.15) is 0 Å². The third-order valence-corrected chi connectivity index (χ3v) is 8.51. The number of halogens is 2. The second kappa shape index (κ2) is 7.57. The van der Waals surface area contributed by atoms with Gasteiger partial charge < -0.3 is 0 Å². The maximum Gasteiger partial charge on any atom is 0.0178 e. The standard InChI is InChI=1S/C30H28Br2/c1-18-14-21(31)7-10-23(18)20-6-9-24-25-12-13-30(5,26-11-8-22(32)15-19(26)2)17-28(25)29(3,4)27(24)16-20/h6-16H,17H2,1-5H3/t30-/m0/s1. The van der Waals surface area contributed by atoms with Crippen molar-refractivity contribution in [3.63, 3.8) is 0 Å². The molecule has 32 heavy (non-hydrogen) atoms. The molecule has 0 unspecified atom stereocenters. The fraction of sp³-hybridized carbons (Fsp3) is 0.267. The first-order chi connectivity index (χ1) is 15.1. The van der Waals surface area contributed by atoms with Gasteiger partial charge in [-0.15, -0.1) is 0 Å². The molecule has 3 aromatic rings. The number of hydrogen-bond acceptors (Lipinski definition) is 0. The molecule has 0 N–H and O–H groups in total. The Hall–Kier alpha value is -1.90. The van der Waals surface area contributed by atoms with E-state index in [4.69, 9.17) is 0 Å². The van der Waals surface area contributed by atoms with Gasteiger partial charge in [0.1, 0.15) is 0 Å². The lowest BCUT2D eigenvalue weighted by atomic mass is 9.67. The molecule has 2 aliphatic carbocycles. The molecule has 0 radical (unpaired) electrons. The van der Waals surface area contributed by atoms with Gasteiger partial charge in [0.25, 0.3) is 0 Å². The molecule has 162 valence electrons. The minimum atomic E-state index is 0.00799. The molecule has 0 nitrogen and oxygen atoms in total. The van der Waals surface area contributed by atoms with E-state index in [1.54, 1.807) is 5.57 Å². The van der Waals surface area contributed by atoms with Crippen molar-refractivity contribution in [1.82, 2.24) is 0 Å². The zero-order valence-corrected chi connectivity index (χ0v) is 22.5. The summed E-state index contributed by atoms with van der Waals surface area (Å²) in [5.41, 5.74) is 12.5. The highest BCUT2D eigenvalue weighted by Crippen LogP contribution is 2.54. The lowest BCUT2D eigenvalue weighted by Crippen LogP contribution is -2.28. The van der Waals surface area contributed by atoms with Crippen LogP contribution in [0.4, 0.5) is 0 Å². The van der Waals surface area contributed by atoms with Crippen molar-refractivity contribution in [2.75, 3.05) is 0 Å². The van der Waals surface area contributed by atoms with Crippen molar-refractivity contribution in [1.29, 1.82) is 0 Å². The van der Waals surface area contributed by atoms with Crippen LogP contribution in [0, 0.1) is 13.8 Å². The number of benzene rings is 3. The lowest BCUT2D eigenvalue weighted by Gasteiger charge is -2.36. The summed E-state index contributed by atoms with van der Waals surface area (Å²) < 4.78 is 2.27. The van der Waals surface area contributed by atoms with Crippen LogP contribution in [-0.2, 0) is 10.8 Å². The Morgan fingerprint density at radius 2 is 1.38 bits per heavy atom.